The standard InChI is InChI=1S/C25H32O4/c1-6-16-28-23(27)21-22(26)18-11-7-8-12-20(18)29-25(21,5)15-13-19-17(2)10-9-14-24(19,3)4/h6-8,11-12,21H,1,9-10,13-16H2,2-5H3/t21?,25-/m1/s1. The molecule has 0 saturated heterocycles. The molecule has 0 aromatic heterocycles. The first-order valence-corrected chi connectivity index (χ1v) is 10.5. The van der Waals surface area contributed by atoms with Gasteiger partial charge >= 0.3 is 5.97 Å². The molecule has 0 spiro atoms. The molecule has 0 saturated carbocycles. The zero-order chi connectivity index (χ0) is 21.2. The smallest absolute Gasteiger partial charge is 0.321 e. The van der Waals surface area contributed by atoms with Crippen LogP contribution >= 0.6 is 0 Å². The topological polar surface area (TPSA) is 52.6 Å². The highest BCUT2D eigenvalue weighted by molar-refractivity contribution is 6.12. The van der Waals surface area contributed by atoms with Crippen LogP contribution in [-0.4, -0.2) is 24.0 Å². The Morgan fingerprint density at radius 3 is 2.72 bits per heavy atom. The van der Waals surface area contributed by atoms with Crippen molar-refractivity contribution in [1.82, 2.24) is 0 Å². The second-order valence-electron chi connectivity index (χ2n) is 9.12. The fourth-order valence-electron chi connectivity index (χ4n) is 4.88. The average Bonchev–Trinajstić information content (AvgIpc) is 2.65. The van der Waals surface area contributed by atoms with Crippen LogP contribution in [0.3, 0.4) is 0 Å². The van der Waals surface area contributed by atoms with Crippen LogP contribution in [0.2, 0.25) is 0 Å². The lowest BCUT2D eigenvalue weighted by molar-refractivity contribution is -0.152. The molecule has 4 heteroatoms. The number of Topliss-reactive ketones (excluding diaryl/α,β-unsaturated/α-hetero) is 1. The van der Waals surface area contributed by atoms with Crippen molar-refractivity contribution in [3.63, 3.8) is 0 Å². The van der Waals surface area contributed by atoms with Crippen molar-refractivity contribution < 1.29 is 19.1 Å². The van der Waals surface area contributed by atoms with Crippen molar-refractivity contribution in [2.24, 2.45) is 11.3 Å². The van der Waals surface area contributed by atoms with E-state index in [0.717, 1.165) is 19.3 Å². The summed E-state index contributed by atoms with van der Waals surface area (Å²) in [5.74, 6) is -1.20. The van der Waals surface area contributed by atoms with E-state index in [1.54, 1.807) is 18.2 Å². The predicted molar refractivity (Wildman–Crippen MR) is 114 cm³/mol. The maximum absolute atomic E-state index is 13.3. The molecule has 0 amide bonds. The number of esters is 1. The van der Waals surface area contributed by atoms with E-state index in [2.05, 4.69) is 27.4 Å². The fraction of sp³-hybridized carbons (Fsp3) is 0.520. The largest absolute Gasteiger partial charge is 0.485 e. The van der Waals surface area contributed by atoms with Gasteiger partial charge in [0.25, 0.3) is 0 Å². The van der Waals surface area contributed by atoms with Gasteiger partial charge in [0.2, 0.25) is 0 Å². The number of hydrogen-bond donors (Lipinski definition) is 0. The van der Waals surface area contributed by atoms with Crippen LogP contribution in [0.15, 0.2) is 48.1 Å². The number of hydrogen-bond acceptors (Lipinski definition) is 4. The van der Waals surface area contributed by atoms with E-state index in [9.17, 15) is 9.59 Å². The molecule has 0 fully saturated rings. The molecule has 29 heavy (non-hydrogen) atoms. The fourth-order valence-corrected chi connectivity index (χ4v) is 4.88. The molecule has 4 nitrogen and oxygen atoms in total. The van der Waals surface area contributed by atoms with Crippen LogP contribution in [0.25, 0.3) is 0 Å². The highest BCUT2D eigenvalue weighted by Crippen LogP contribution is 2.46. The van der Waals surface area contributed by atoms with Gasteiger partial charge in [-0.3, -0.25) is 9.59 Å². The summed E-state index contributed by atoms with van der Waals surface area (Å²) in [5.41, 5.74) is 2.48. The number of fused-ring (bicyclic) bond motifs is 1. The molecule has 1 unspecified atom stereocenters. The lowest BCUT2D eigenvalue weighted by atomic mass is 9.69. The van der Waals surface area contributed by atoms with Crippen LogP contribution in [0.1, 0.15) is 70.2 Å². The van der Waals surface area contributed by atoms with Gasteiger partial charge in [0, 0.05) is 0 Å². The number of benzene rings is 1. The zero-order valence-electron chi connectivity index (χ0n) is 18.0. The molecule has 1 aromatic carbocycles. The third-order valence-electron chi connectivity index (χ3n) is 6.50. The summed E-state index contributed by atoms with van der Waals surface area (Å²) in [4.78, 5) is 26.1. The number of carbonyl (C=O) groups excluding carboxylic acids is 2. The number of carbonyl (C=O) groups is 2. The molecule has 2 aliphatic rings. The van der Waals surface area contributed by atoms with E-state index in [1.807, 2.05) is 13.0 Å². The number of rotatable bonds is 6. The summed E-state index contributed by atoms with van der Waals surface area (Å²) in [6.07, 6.45) is 6.37. The quantitative estimate of drug-likeness (QED) is 0.353. The van der Waals surface area contributed by atoms with Gasteiger partial charge < -0.3 is 9.47 Å². The first-order chi connectivity index (χ1) is 13.7. The van der Waals surface area contributed by atoms with Gasteiger partial charge in [-0.05, 0) is 63.5 Å². The summed E-state index contributed by atoms with van der Waals surface area (Å²) in [6, 6.07) is 7.14. The Bertz CT molecular complexity index is 848. The molecule has 0 bridgehead atoms. The van der Waals surface area contributed by atoms with Crippen molar-refractivity contribution in [2.75, 3.05) is 6.61 Å². The van der Waals surface area contributed by atoms with E-state index in [1.165, 1.54) is 23.6 Å². The second-order valence-corrected chi connectivity index (χ2v) is 9.12. The molecule has 156 valence electrons. The molecule has 3 rings (SSSR count). The molecule has 1 aliphatic carbocycles. The van der Waals surface area contributed by atoms with Crippen LogP contribution in [0.5, 0.6) is 5.75 Å². The summed E-state index contributed by atoms with van der Waals surface area (Å²) < 4.78 is 11.6. The number of ether oxygens (including phenoxy) is 2. The SMILES string of the molecule is C=CCOC(=O)C1C(=O)c2ccccc2O[C@]1(C)CCC1=C(C)CCCC1(C)C. The highest BCUT2D eigenvalue weighted by Gasteiger charge is 2.51. The second kappa shape index (κ2) is 8.17. The van der Waals surface area contributed by atoms with Gasteiger partial charge in [-0.1, -0.05) is 49.8 Å². The van der Waals surface area contributed by atoms with Crippen molar-refractivity contribution in [3.05, 3.63) is 53.6 Å². The number of para-hydroxylation sites is 1. The Balaban J connectivity index is 1.93. The first kappa shape index (κ1) is 21.4. The average molecular weight is 397 g/mol. The van der Waals surface area contributed by atoms with E-state index in [0.29, 0.717) is 17.7 Å². The maximum Gasteiger partial charge on any atom is 0.321 e. The minimum Gasteiger partial charge on any atom is -0.485 e. The minimum atomic E-state index is -0.982. The molecule has 2 atom stereocenters. The Morgan fingerprint density at radius 1 is 1.31 bits per heavy atom. The van der Waals surface area contributed by atoms with Crippen molar-refractivity contribution in [2.45, 2.75) is 65.4 Å². The Hall–Kier alpha value is -2.36. The van der Waals surface area contributed by atoms with Crippen LogP contribution < -0.4 is 4.74 Å². The monoisotopic (exact) mass is 396 g/mol. The third kappa shape index (κ3) is 4.17. The third-order valence-corrected chi connectivity index (χ3v) is 6.50. The summed E-state index contributed by atoms with van der Waals surface area (Å²) in [5, 5.41) is 0. The molecule has 1 heterocycles. The first-order valence-electron chi connectivity index (χ1n) is 10.5. The molecule has 1 aromatic rings. The van der Waals surface area contributed by atoms with Gasteiger partial charge in [0.1, 0.15) is 18.0 Å². The van der Waals surface area contributed by atoms with E-state index < -0.39 is 17.5 Å². The molecule has 0 N–H and O–H groups in total. The van der Waals surface area contributed by atoms with Gasteiger partial charge in [0.15, 0.2) is 11.7 Å². The van der Waals surface area contributed by atoms with Gasteiger partial charge in [-0.15, -0.1) is 0 Å². The maximum atomic E-state index is 13.3. The summed E-state index contributed by atoms with van der Waals surface area (Å²) in [7, 11) is 0. The van der Waals surface area contributed by atoms with Gasteiger partial charge in [-0.2, -0.15) is 0 Å². The van der Waals surface area contributed by atoms with Gasteiger partial charge in [0.05, 0.1) is 5.56 Å². The normalized spacial score (nSPS) is 25.8. The van der Waals surface area contributed by atoms with Crippen molar-refractivity contribution in [1.29, 1.82) is 0 Å². The van der Waals surface area contributed by atoms with Crippen LogP contribution in [0.4, 0.5) is 0 Å². The van der Waals surface area contributed by atoms with E-state index in [-0.39, 0.29) is 17.8 Å². The van der Waals surface area contributed by atoms with E-state index >= 15 is 0 Å². The summed E-state index contributed by atoms with van der Waals surface area (Å²) in [6.45, 7) is 12.3. The predicted octanol–water partition coefficient (Wildman–Crippen LogP) is 5.67. The van der Waals surface area contributed by atoms with Crippen molar-refractivity contribution >= 4 is 11.8 Å². The molecular formula is C25H32O4. The Labute approximate surface area is 174 Å². The molecule has 0 radical (unpaired) electrons. The number of allylic oxidation sites excluding steroid dienone is 2. The Morgan fingerprint density at radius 2 is 2.03 bits per heavy atom. The Kier molecular flexibility index (Phi) is 6.02. The van der Waals surface area contributed by atoms with Gasteiger partial charge in [-0.25, -0.2) is 0 Å². The zero-order valence-corrected chi connectivity index (χ0v) is 18.0. The summed E-state index contributed by atoms with van der Waals surface area (Å²) >= 11 is 0. The lowest BCUT2D eigenvalue weighted by Gasteiger charge is -2.42. The highest BCUT2D eigenvalue weighted by atomic mass is 16.5. The minimum absolute atomic E-state index is 0.0810. The lowest BCUT2D eigenvalue weighted by Crippen LogP contribution is -2.52. The van der Waals surface area contributed by atoms with E-state index in [4.69, 9.17) is 9.47 Å². The molecule has 1 aliphatic heterocycles. The molecular weight excluding hydrogens is 364 g/mol. The van der Waals surface area contributed by atoms with Crippen LogP contribution in [0, 0.1) is 11.3 Å². The van der Waals surface area contributed by atoms with Crippen LogP contribution in [-0.2, 0) is 9.53 Å². The number of ketones is 1. The van der Waals surface area contributed by atoms with Crippen molar-refractivity contribution in [3.8, 4) is 5.75 Å².